The van der Waals surface area contributed by atoms with Crippen LogP contribution in [0, 0.1) is 0 Å². The van der Waals surface area contributed by atoms with E-state index in [9.17, 15) is 0 Å². The molecule has 0 radical (unpaired) electrons. The second kappa shape index (κ2) is 7.10. The highest BCUT2D eigenvalue weighted by atomic mass is 16.4. The molecule has 0 atom stereocenters. The average molecular weight is 300 g/mol. The summed E-state index contributed by atoms with van der Waals surface area (Å²) < 4.78 is 0. The Hall–Kier alpha value is -2.62. The van der Waals surface area contributed by atoms with Crippen molar-refractivity contribution in [3.63, 3.8) is 0 Å². The van der Waals surface area contributed by atoms with E-state index in [0.29, 0.717) is 0 Å². The molecule has 0 aliphatic heterocycles. The summed E-state index contributed by atoms with van der Waals surface area (Å²) in [5.74, 6) is 0. The predicted molar refractivity (Wildman–Crippen MR) is 98.5 cm³/mol. The lowest BCUT2D eigenvalue weighted by atomic mass is 9.93. The molecule has 0 fully saturated rings. The molecule has 0 saturated carbocycles. The molecule has 0 spiro atoms. The summed E-state index contributed by atoms with van der Waals surface area (Å²) in [6.07, 6.45) is 0. The van der Waals surface area contributed by atoms with E-state index < -0.39 is 7.69 Å². The Morgan fingerprint density at radius 3 is 1.78 bits per heavy atom. The molecule has 0 aromatic heterocycles. The molecule has 4 aromatic carbocycles. The first kappa shape index (κ1) is 15.3. The molecule has 3 heteroatoms. The van der Waals surface area contributed by atoms with E-state index in [4.69, 9.17) is 10.0 Å². The van der Waals surface area contributed by atoms with E-state index in [-0.39, 0.29) is 0 Å². The van der Waals surface area contributed by atoms with Crippen molar-refractivity contribution in [1.29, 1.82) is 0 Å². The first-order chi connectivity index (χ1) is 11.3. The van der Waals surface area contributed by atoms with Crippen molar-refractivity contribution in [1.82, 2.24) is 0 Å². The lowest BCUT2D eigenvalue weighted by molar-refractivity contribution is 0.448. The molecule has 0 saturated heterocycles. The fourth-order valence-electron chi connectivity index (χ4n) is 2.91. The standard InChI is InChI=1S/C20H14.BH3O2/c1-2-8-15(9-3-1)20-14-16-10-4-5-11-17(16)18-12-6-7-13-19(18)20;2-1-3/h1-14H;1-3H. The highest BCUT2D eigenvalue weighted by Crippen LogP contribution is 2.34. The van der Waals surface area contributed by atoms with Gasteiger partial charge in [0.2, 0.25) is 0 Å². The van der Waals surface area contributed by atoms with Crippen molar-refractivity contribution < 1.29 is 10.0 Å². The minimum atomic E-state index is -0.750. The van der Waals surface area contributed by atoms with Crippen LogP contribution in [0.25, 0.3) is 32.7 Å². The van der Waals surface area contributed by atoms with Crippen LogP contribution in [-0.2, 0) is 0 Å². The van der Waals surface area contributed by atoms with Crippen LogP contribution >= 0.6 is 0 Å². The minimum Gasteiger partial charge on any atom is -0.430 e. The second-order valence-corrected chi connectivity index (χ2v) is 5.20. The zero-order valence-corrected chi connectivity index (χ0v) is 12.7. The van der Waals surface area contributed by atoms with Gasteiger partial charge in [0.1, 0.15) is 0 Å². The van der Waals surface area contributed by atoms with Gasteiger partial charge in [-0.15, -0.1) is 0 Å². The van der Waals surface area contributed by atoms with Crippen molar-refractivity contribution >= 4 is 29.2 Å². The van der Waals surface area contributed by atoms with Crippen LogP contribution in [0.5, 0.6) is 0 Å². The summed E-state index contributed by atoms with van der Waals surface area (Å²) >= 11 is 0. The predicted octanol–water partition coefficient (Wildman–Crippen LogP) is 3.90. The van der Waals surface area contributed by atoms with Crippen LogP contribution < -0.4 is 0 Å². The van der Waals surface area contributed by atoms with Crippen LogP contribution in [0.3, 0.4) is 0 Å². The lowest BCUT2D eigenvalue weighted by Gasteiger charge is -2.10. The van der Waals surface area contributed by atoms with E-state index in [1.165, 1.54) is 32.7 Å². The maximum atomic E-state index is 7.12. The van der Waals surface area contributed by atoms with Gasteiger partial charge in [0.15, 0.2) is 0 Å². The topological polar surface area (TPSA) is 40.5 Å². The third-order valence-corrected chi connectivity index (χ3v) is 3.85. The van der Waals surface area contributed by atoms with Gasteiger partial charge in [-0.3, -0.25) is 0 Å². The summed E-state index contributed by atoms with van der Waals surface area (Å²) in [7, 11) is -0.750. The lowest BCUT2D eigenvalue weighted by Crippen LogP contribution is -1.83. The van der Waals surface area contributed by atoms with Crippen molar-refractivity contribution in [3.8, 4) is 11.1 Å². The molecule has 0 aliphatic rings. The van der Waals surface area contributed by atoms with Gasteiger partial charge in [0, 0.05) is 0 Å². The van der Waals surface area contributed by atoms with Crippen LogP contribution in [0.1, 0.15) is 0 Å². The maximum absolute atomic E-state index is 7.12. The van der Waals surface area contributed by atoms with Gasteiger partial charge >= 0.3 is 7.69 Å². The Bertz CT molecular complexity index is 920. The molecule has 2 nitrogen and oxygen atoms in total. The van der Waals surface area contributed by atoms with Crippen molar-refractivity contribution in [2.75, 3.05) is 0 Å². The van der Waals surface area contributed by atoms with E-state index >= 15 is 0 Å². The molecule has 2 N–H and O–H groups in total. The number of hydrogen-bond acceptors (Lipinski definition) is 2. The van der Waals surface area contributed by atoms with Gasteiger partial charge in [-0.2, -0.15) is 0 Å². The Morgan fingerprint density at radius 1 is 0.565 bits per heavy atom. The first-order valence-corrected chi connectivity index (χ1v) is 7.53. The van der Waals surface area contributed by atoms with E-state index in [1.807, 2.05) is 0 Å². The molecular formula is C20H17BO2. The summed E-state index contributed by atoms with van der Waals surface area (Å²) in [4.78, 5) is 0. The molecule has 0 unspecified atom stereocenters. The fourth-order valence-corrected chi connectivity index (χ4v) is 2.91. The zero-order valence-electron chi connectivity index (χ0n) is 12.7. The van der Waals surface area contributed by atoms with Gasteiger partial charge in [-0.1, -0.05) is 78.9 Å². The van der Waals surface area contributed by atoms with Crippen molar-refractivity contribution in [3.05, 3.63) is 84.9 Å². The normalized spacial score (nSPS) is 10.2. The number of fused-ring (bicyclic) bond motifs is 3. The van der Waals surface area contributed by atoms with Crippen LogP contribution in [0.4, 0.5) is 0 Å². The van der Waals surface area contributed by atoms with E-state index in [2.05, 4.69) is 84.9 Å². The van der Waals surface area contributed by atoms with Crippen molar-refractivity contribution in [2.24, 2.45) is 0 Å². The van der Waals surface area contributed by atoms with Gasteiger partial charge in [0.05, 0.1) is 0 Å². The number of benzene rings is 4. The molecule has 23 heavy (non-hydrogen) atoms. The Balaban J connectivity index is 0.000000485. The maximum Gasteiger partial charge on any atom is 0.432 e. The molecule has 0 bridgehead atoms. The van der Waals surface area contributed by atoms with Gasteiger partial charge in [0.25, 0.3) is 0 Å². The largest absolute Gasteiger partial charge is 0.432 e. The fraction of sp³-hybridized carbons (Fsp3) is 0. The van der Waals surface area contributed by atoms with E-state index in [0.717, 1.165) is 0 Å². The Morgan fingerprint density at radius 2 is 1.09 bits per heavy atom. The van der Waals surface area contributed by atoms with E-state index in [1.54, 1.807) is 0 Å². The number of hydrogen-bond donors (Lipinski definition) is 2. The van der Waals surface area contributed by atoms with Gasteiger partial charge < -0.3 is 10.0 Å². The molecule has 4 rings (SSSR count). The monoisotopic (exact) mass is 300 g/mol. The van der Waals surface area contributed by atoms with Crippen LogP contribution in [-0.4, -0.2) is 17.7 Å². The summed E-state index contributed by atoms with van der Waals surface area (Å²) in [6, 6.07) is 30.2. The van der Waals surface area contributed by atoms with Crippen molar-refractivity contribution in [2.45, 2.75) is 0 Å². The zero-order chi connectivity index (χ0) is 16.1. The number of rotatable bonds is 1. The molecule has 0 heterocycles. The average Bonchev–Trinajstić information content (AvgIpc) is 2.62. The van der Waals surface area contributed by atoms with Gasteiger partial charge in [-0.05, 0) is 38.7 Å². The highest BCUT2D eigenvalue weighted by Gasteiger charge is 2.07. The molecule has 4 aromatic rings. The summed E-state index contributed by atoms with van der Waals surface area (Å²) in [6.45, 7) is 0. The third-order valence-electron chi connectivity index (χ3n) is 3.85. The third kappa shape index (κ3) is 3.11. The molecule has 112 valence electrons. The van der Waals surface area contributed by atoms with Crippen LogP contribution in [0.2, 0.25) is 0 Å². The smallest absolute Gasteiger partial charge is 0.430 e. The Labute approximate surface area is 136 Å². The second-order valence-electron chi connectivity index (χ2n) is 5.20. The minimum absolute atomic E-state index is 0.750. The molecular weight excluding hydrogens is 283 g/mol. The van der Waals surface area contributed by atoms with Crippen LogP contribution in [0.15, 0.2) is 84.9 Å². The summed E-state index contributed by atoms with van der Waals surface area (Å²) in [5.41, 5.74) is 2.58. The highest BCUT2D eigenvalue weighted by molar-refractivity contribution is 6.14. The van der Waals surface area contributed by atoms with Gasteiger partial charge in [-0.25, -0.2) is 0 Å². The Kier molecular flexibility index (Phi) is 4.72. The SMILES string of the molecule is OBO.c1ccc(-c2cc3ccccc3c3ccccc23)cc1. The quantitative estimate of drug-likeness (QED) is 0.413. The molecule has 0 amide bonds. The molecule has 0 aliphatic carbocycles. The summed E-state index contributed by atoms with van der Waals surface area (Å²) in [5, 5.41) is 19.5. The first-order valence-electron chi connectivity index (χ1n) is 7.53.